The third-order valence-electron chi connectivity index (χ3n) is 4.43. The molecular weight excluding hydrogens is 362 g/mol. The van der Waals surface area contributed by atoms with E-state index in [4.69, 9.17) is 10.1 Å². The molecule has 1 saturated carbocycles. The first kappa shape index (κ1) is 18.5. The van der Waals surface area contributed by atoms with Crippen molar-refractivity contribution in [2.24, 2.45) is 11.1 Å². The summed E-state index contributed by atoms with van der Waals surface area (Å²) in [5, 5.41) is 13.4. The number of aromatic nitrogens is 3. The van der Waals surface area contributed by atoms with Crippen molar-refractivity contribution in [2.75, 3.05) is 0 Å². The minimum Gasteiger partial charge on any atom is -0.391 e. The van der Waals surface area contributed by atoms with Crippen LogP contribution in [0, 0.1) is 29.1 Å². The van der Waals surface area contributed by atoms with Crippen molar-refractivity contribution in [1.29, 1.82) is 5.26 Å². The van der Waals surface area contributed by atoms with Gasteiger partial charge in [0.15, 0.2) is 0 Å². The summed E-state index contributed by atoms with van der Waals surface area (Å²) in [5.41, 5.74) is 3.84. The third kappa shape index (κ3) is 5.31. The van der Waals surface area contributed by atoms with Crippen molar-refractivity contribution < 1.29 is 4.84 Å². The Hall–Kier alpha value is -3.90. The summed E-state index contributed by atoms with van der Waals surface area (Å²) in [5.74, 6) is 6.88. The molecule has 0 amide bonds. The van der Waals surface area contributed by atoms with Crippen LogP contribution in [0.25, 0.3) is 0 Å². The third-order valence-corrected chi connectivity index (χ3v) is 4.43. The van der Waals surface area contributed by atoms with Gasteiger partial charge in [-0.3, -0.25) is 0 Å². The van der Waals surface area contributed by atoms with Gasteiger partial charge in [0.2, 0.25) is 0 Å². The maximum atomic E-state index is 9.02. The maximum absolute atomic E-state index is 9.02. The molecule has 1 aliphatic carbocycles. The van der Waals surface area contributed by atoms with Crippen LogP contribution in [-0.4, -0.2) is 20.2 Å². The molecule has 4 rings (SSSR count). The van der Waals surface area contributed by atoms with Gasteiger partial charge in [0, 0.05) is 30.1 Å². The molecule has 0 spiro atoms. The zero-order valence-electron chi connectivity index (χ0n) is 15.8. The summed E-state index contributed by atoms with van der Waals surface area (Å²) < 4.78 is 1.92. The average molecular weight is 381 g/mol. The highest BCUT2D eigenvalue weighted by molar-refractivity contribution is 5.99. The summed E-state index contributed by atoms with van der Waals surface area (Å²) >= 11 is 0. The summed E-state index contributed by atoms with van der Waals surface area (Å²) in [6.45, 7) is 0.786. The van der Waals surface area contributed by atoms with Crippen LogP contribution in [0.1, 0.15) is 35.2 Å². The van der Waals surface area contributed by atoms with Crippen LogP contribution in [0.15, 0.2) is 66.5 Å². The second-order valence-corrected chi connectivity index (χ2v) is 6.83. The van der Waals surface area contributed by atoms with Crippen molar-refractivity contribution in [2.45, 2.75) is 26.0 Å². The number of rotatable bonds is 6. The first-order valence-corrected chi connectivity index (χ1v) is 9.42. The van der Waals surface area contributed by atoms with Crippen molar-refractivity contribution in [1.82, 2.24) is 14.5 Å². The number of benzene rings is 1. The minimum absolute atomic E-state index is 0.279. The second-order valence-electron chi connectivity index (χ2n) is 6.83. The topological polar surface area (TPSA) is 76.1 Å². The van der Waals surface area contributed by atoms with Crippen LogP contribution in [0.4, 0.5) is 0 Å². The molecule has 29 heavy (non-hydrogen) atoms. The smallest absolute Gasteiger partial charge is 0.142 e. The summed E-state index contributed by atoms with van der Waals surface area (Å²) in [4.78, 5) is 14.1. The lowest BCUT2D eigenvalue weighted by molar-refractivity contribution is 0.130. The molecule has 1 aromatic carbocycles. The fraction of sp³-hybridized carbons (Fsp3) is 0.217. The predicted molar refractivity (Wildman–Crippen MR) is 109 cm³/mol. The van der Waals surface area contributed by atoms with Crippen molar-refractivity contribution in [3.05, 3.63) is 83.7 Å². The Balaban J connectivity index is 1.50. The molecule has 0 N–H and O–H groups in total. The lowest BCUT2D eigenvalue weighted by Gasteiger charge is -2.08. The molecule has 2 heterocycles. The van der Waals surface area contributed by atoms with Crippen LogP contribution in [0.2, 0.25) is 0 Å². The second kappa shape index (κ2) is 8.86. The molecule has 2 aromatic heterocycles. The van der Waals surface area contributed by atoms with Gasteiger partial charge in [-0.05, 0) is 48.6 Å². The van der Waals surface area contributed by atoms with E-state index in [-0.39, 0.29) is 6.61 Å². The van der Waals surface area contributed by atoms with Gasteiger partial charge in [-0.15, -0.1) is 0 Å². The number of nitriles is 1. The molecule has 0 bridgehead atoms. The molecule has 3 aromatic rings. The number of imidazole rings is 1. The van der Waals surface area contributed by atoms with Crippen molar-refractivity contribution in [3.63, 3.8) is 0 Å². The maximum Gasteiger partial charge on any atom is 0.142 e. The average Bonchev–Trinajstić information content (AvgIpc) is 3.46. The Morgan fingerprint density at radius 2 is 2.21 bits per heavy atom. The van der Waals surface area contributed by atoms with Crippen LogP contribution in [-0.2, 0) is 18.0 Å². The summed E-state index contributed by atoms with van der Waals surface area (Å²) in [6, 6.07) is 13.3. The zero-order valence-corrected chi connectivity index (χ0v) is 15.8. The molecule has 1 fully saturated rings. The van der Waals surface area contributed by atoms with Crippen LogP contribution < -0.4 is 0 Å². The lowest BCUT2D eigenvalue weighted by Crippen LogP contribution is -2.12. The van der Waals surface area contributed by atoms with E-state index >= 15 is 0 Å². The van der Waals surface area contributed by atoms with Crippen molar-refractivity contribution in [3.8, 4) is 17.9 Å². The van der Waals surface area contributed by atoms with Crippen LogP contribution in [0.3, 0.4) is 0 Å². The highest BCUT2D eigenvalue weighted by Crippen LogP contribution is 2.27. The molecule has 6 heteroatoms. The Morgan fingerprint density at radius 3 is 2.93 bits per heavy atom. The minimum atomic E-state index is 0.279. The molecule has 0 saturated heterocycles. The Kier molecular flexibility index (Phi) is 5.64. The number of oxime groups is 1. The molecule has 6 nitrogen and oxygen atoms in total. The molecular formula is C23H19N5O. The van der Waals surface area contributed by atoms with Gasteiger partial charge in [0.1, 0.15) is 18.0 Å². The first-order chi connectivity index (χ1) is 14.3. The molecule has 0 atom stereocenters. The SMILES string of the molecule is N#Cc1cccc(CON=C(Cn2ccnc2)c2ccc(C#CC3CC3)nc2)c1. The fourth-order valence-electron chi connectivity index (χ4n) is 2.68. The predicted octanol–water partition coefficient (Wildman–Crippen LogP) is 3.53. The Bertz CT molecular complexity index is 1090. The summed E-state index contributed by atoms with van der Waals surface area (Å²) in [6.07, 6.45) is 9.49. The monoisotopic (exact) mass is 381 g/mol. The number of pyridine rings is 1. The van der Waals surface area contributed by atoms with E-state index in [1.165, 1.54) is 12.8 Å². The lowest BCUT2D eigenvalue weighted by atomic mass is 10.1. The summed E-state index contributed by atoms with van der Waals surface area (Å²) in [7, 11) is 0. The zero-order chi connectivity index (χ0) is 19.9. The molecule has 0 unspecified atom stereocenters. The fourth-order valence-corrected chi connectivity index (χ4v) is 2.68. The standard InChI is InChI=1S/C23H19N5O/c24-13-19-2-1-3-20(12-19)16-29-27-23(15-28-11-10-25-17-28)21-7-9-22(26-14-21)8-6-18-4-5-18/h1-3,7,9-12,14,17-18H,4-5,15-16H2. The highest BCUT2D eigenvalue weighted by Gasteiger charge is 2.17. The molecule has 1 aliphatic rings. The van der Waals surface area contributed by atoms with Gasteiger partial charge in [-0.1, -0.05) is 23.2 Å². The van der Waals surface area contributed by atoms with E-state index < -0.39 is 0 Å². The number of nitrogens with zero attached hydrogens (tertiary/aromatic N) is 5. The molecule has 0 aliphatic heterocycles. The van der Waals surface area contributed by atoms with Gasteiger partial charge in [0.25, 0.3) is 0 Å². The Morgan fingerprint density at radius 1 is 1.28 bits per heavy atom. The van der Waals surface area contributed by atoms with E-state index in [9.17, 15) is 0 Å². The van der Waals surface area contributed by atoms with Gasteiger partial charge in [-0.2, -0.15) is 5.26 Å². The molecule has 0 radical (unpaired) electrons. The van der Waals surface area contributed by atoms with Gasteiger partial charge >= 0.3 is 0 Å². The van der Waals surface area contributed by atoms with Gasteiger partial charge in [0.05, 0.1) is 24.5 Å². The quantitative estimate of drug-likeness (QED) is 0.372. The van der Waals surface area contributed by atoms with E-state index in [0.29, 0.717) is 18.0 Å². The van der Waals surface area contributed by atoms with E-state index in [1.54, 1.807) is 30.9 Å². The molecule has 142 valence electrons. The highest BCUT2D eigenvalue weighted by atomic mass is 16.6. The van der Waals surface area contributed by atoms with E-state index in [0.717, 1.165) is 22.5 Å². The normalized spacial score (nSPS) is 13.3. The van der Waals surface area contributed by atoms with E-state index in [2.05, 4.69) is 33.0 Å². The van der Waals surface area contributed by atoms with E-state index in [1.807, 2.05) is 35.0 Å². The van der Waals surface area contributed by atoms with Crippen LogP contribution >= 0.6 is 0 Å². The Labute approximate surface area is 169 Å². The number of hydrogen-bond donors (Lipinski definition) is 0. The van der Waals surface area contributed by atoms with Crippen LogP contribution in [0.5, 0.6) is 0 Å². The van der Waals surface area contributed by atoms with Gasteiger partial charge < -0.3 is 9.40 Å². The van der Waals surface area contributed by atoms with Crippen molar-refractivity contribution >= 4 is 5.71 Å². The first-order valence-electron chi connectivity index (χ1n) is 9.42. The number of hydrogen-bond acceptors (Lipinski definition) is 5. The largest absolute Gasteiger partial charge is 0.391 e. The van der Waals surface area contributed by atoms with Gasteiger partial charge in [-0.25, -0.2) is 9.97 Å².